The molecule has 0 spiro atoms. The van der Waals surface area contributed by atoms with Crippen LogP contribution >= 0.6 is 24.8 Å². The molecule has 2 rings (SSSR count). The molecule has 92 valence electrons. The Bertz CT molecular complexity index is 276. The minimum absolute atomic E-state index is 0. The molecule has 1 aliphatic rings. The maximum Gasteiger partial charge on any atom is 0.0336 e. The van der Waals surface area contributed by atoms with Crippen LogP contribution in [0.4, 0.5) is 0 Å². The van der Waals surface area contributed by atoms with Crippen LogP contribution in [0, 0.1) is 0 Å². The Balaban J connectivity index is 0.00000112. The number of halogens is 2. The lowest BCUT2D eigenvalue weighted by Crippen LogP contribution is -2.44. The highest BCUT2D eigenvalue weighted by Crippen LogP contribution is 2.18. The molecule has 1 fully saturated rings. The van der Waals surface area contributed by atoms with E-state index in [1.165, 1.54) is 5.56 Å². The van der Waals surface area contributed by atoms with Crippen molar-refractivity contribution in [3.63, 3.8) is 0 Å². The SMILES string of the molecule is C[C@H](c1cccnc1)N1CCNCC1.Cl.Cl. The Morgan fingerprint density at radius 2 is 2.00 bits per heavy atom. The van der Waals surface area contributed by atoms with Crippen molar-refractivity contribution in [3.05, 3.63) is 30.1 Å². The third-order valence-corrected chi connectivity index (χ3v) is 2.87. The van der Waals surface area contributed by atoms with Crippen LogP contribution < -0.4 is 5.32 Å². The molecule has 0 amide bonds. The molecule has 16 heavy (non-hydrogen) atoms. The summed E-state index contributed by atoms with van der Waals surface area (Å²) < 4.78 is 0. The number of hydrogen-bond acceptors (Lipinski definition) is 3. The summed E-state index contributed by atoms with van der Waals surface area (Å²) in [6.07, 6.45) is 3.79. The molecule has 1 aliphatic heterocycles. The van der Waals surface area contributed by atoms with Crippen LogP contribution in [0.5, 0.6) is 0 Å². The zero-order valence-corrected chi connectivity index (χ0v) is 11.1. The number of nitrogens with one attached hydrogen (secondary N) is 1. The van der Waals surface area contributed by atoms with Gasteiger partial charge >= 0.3 is 0 Å². The minimum atomic E-state index is 0. The van der Waals surface area contributed by atoms with Crippen molar-refractivity contribution < 1.29 is 0 Å². The average Bonchev–Trinajstić information content (AvgIpc) is 2.30. The van der Waals surface area contributed by atoms with Gasteiger partial charge in [0.2, 0.25) is 0 Å². The molecule has 0 unspecified atom stereocenters. The highest BCUT2D eigenvalue weighted by Gasteiger charge is 2.17. The first-order valence-corrected chi connectivity index (χ1v) is 5.22. The van der Waals surface area contributed by atoms with Crippen molar-refractivity contribution in [3.8, 4) is 0 Å². The molecule has 0 bridgehead atoms. The van der Waals surface area contributed by atoms with Gasteiger partial charge in [0, 0.05) is 44.6 Å². The van der Waals surface area contributed by atoms with Crippen LogP contribution in [0.15, 0.2) is 24.5 Å². The summed E-state index contributed by atoms with van der Waals surface area (Å²) in [5.41, 5.74) is 1.31. The normalized spacial score (nSPS) is 18.1. The molecule has 1 N–H and O–H groups in total. The number of pyridine rings is 1. The lowest BCUT2D eigenvalue weighted by atomic mass is 10.1. The summed E-state index contributed by atoms with van der Waals surface area (Å²) in [7, 11) is 0. The smallest absolute Gasteiger partial charge is 0.0336 e. The average molecular weight is 264 g/mol. The number of hydrogen-bond donors (Lipinski definition) is 1. The Morgan fingerprint density at radius 1 is 1.31 bits per heavy atom. The first kappa shape index (κ1) is 15.7. The van der Waals surface area contributed by atoms with Crippen molar-refractivity contribution in [2.75, 3.05) is 26.2 Å². The Kier molecular flexibility index (Phi) is 7.68. The van der Waals surface area contributed by atoms with E-state index in [4.69, 9.17) is 0 Å². The van der Waals surface area contributed by atoms with Crippen molar-refractivity contribution in [1.29, 1.82) is 0 Å². The summed E-state index contributed by atoms with van der Waals surface area (Å²) in [6, 6.07) is 4.65. The fourth-order valence-electron chi connectivity index (χ4n) is 1.90. The van der Waals surface area contributed by atoms with Gasteiger partial charge in [0.15, 0.2) is 0 Å². The maximum atomic E-state index is 4.16. The second kappa shape index (κ2) is 7.85. The van der Waals surface area contributed by atoms with Crippen LogP contribution in [-0.2, 0) is 0 Å². The zero-order chi connectivity index (χ0) is 9.80. The number of piperazine rings is 1. The Hall–Kier alpha value is -0.350. The summed E-state index contributed by atoms with van der Waals surface area (Å²) in [6.45, 7) is 6.73. The van der Waals surface area contributed by atoms with Crippen LogP contribution in [-0.4, -0.2) is 36.1 Å². The van der Waals surface area contributed by atoms with Gasteiger partial charge in [-0.25, -0.2) is 0 Å². The summed E-state index contributed by atoms with van der Waals surface area (Å²) >= 11 is 0. The van der Waals surface area contributed by atoms with E-state index >= 15 is 0 Å². The molecule has 1 aromatic heterocycles. The number of aromatic nitrogens is 1. The lowest BCUT2D eigenvalue weighted by Gasteiger charge is -2.32. The molecule has 0 saturated carbocycles. The number of nitrogens with zero attached hydrogens (tertiary/aromatic N) is 2. The van der Waals surface area contributed by atoms with Crippen LogP contribution in [0.25, 0.3) is 0 Å². The number of rotatable bonds is 2. The van der Waals surface area contributed by atoms with E-state index in [-0.39, 0.29) is 24.8 Å². The first-order valence-electron chi connectivity index (χ1n) is 5.22. The Labute approximate surface area is 109 Å². The van der Waals surface area contributed by atoms with Crippen LogP contribution in [0.2, 0.25) is 0 Å². The van der Waals surface area contributed by atoms with E-state index in [2.05, 4.69) is 28.2 Å². The lowest BCUT2D eigenvalue weighted by molar-refractivity contribution is 0.185. The largest absolute Gasteiger partial charge is 0.314 e. The van der Waals surface area contributed by atoms with Crippen LogP contribution in [0.1, 0.15) is 18.5 Å². The molecule has 0 aliphatic carbocycles. The van der Waals surface area contributed by atoms with E-state index in [1.54, 1.807) is 0 Å². The highest BCUT2D eigenvalue weighted by molar-refractivity contribution is 5.85. The molecule has 0 radical (unpaired) electrons. The fourth-order valence-corrected chi connectivity index (χ4v) is 1.90. The van der Waals surface area contributed by atoms with Gasteiger partial charge in [-0.1, -0.05) is 6.07 Å². The van der Waals surface area contributed by atoms with Crippen molar-refractivity contribution in [2.24, 2.45) is 0 Å². The van der Waals surface area contributed by atoms with Gasteiger partial charge in [-0.05, 0) is 18.6 Å². The van der Waals surface area contributed by atoms with Crippen molar-refractivity contribution >= 4 is 24.8 Å². The predicted octanol–water partition coefficient (Wildman–Crippen LogP) is 1.89. The maximum absolute atomic E-state index is 4.16. The van der Waals surface area contributed by atoms with Gasteiger partial charge in [-0.2, -0.15) is 0 Å². The van der Waals surface area contributed by atoms with E-state index in [1.807, 2.05) is 18.5 Å². The van der Waals surface area contributed by atoms with E-state index < -0.39 is 0 Å². The summed E-state index contributed by atoms with van der Waals surface area (Å²) in [5.74, 6) is 0. The first-order chi connectivity index (χ1) is 6.88. The van der Waals surface area contributed by atoms with Crippen LogP contribution in [0.3, 0.4) is 0 Å². The topological polar surface area (TPSA) is 28.2 Å². The summed E-state index contributed by atoms with van der Waals surface area (Å²) in [5, 5.41) is 3.36. The van der Waals surface area contributed by atoms with E-state index in [9.17, 15) is 0 Å². The zero-order valence-electron chi connectivity index (χ0n) is 9.43. The molecule has 1 saturated heterocycles. The van der Waals surface area contributed by atoms with E-state index in [0.717, 1.165) is 26.2 Å². The molecule has 5 heteroatoms. The molecule has 0 aromatic carbocycles. The second-order valence-corrected chi connectivity index (χ2v) is 3.75. The van der Waals surface area contributed by atoms with Gasteiger partial charge in [-0.3, -0.25) is 9.88 Å². The minimum Gasteiger partial charge on any atom is -0.314 e. The molecule has 3 nitrogen and oxygen atoms in total. The molecular formula is C11H19Cl2N3. The molecule has 1 atom stereocenters. The highest BCUT2D eigenvalue weighted by atomic mass is 35.5. The molecule has 1 aromatic rings. The van der Waals surface area contributed by atoms with Gasteiger partial charge in [0.05, 0.1) is 0 Å². The predicted molar refractivity (Wildman–Crippen MR) is 71.6 cm³/mol. The van der Waals surface area contributed by atoms with Gasteiger partial charge < -0.3 is 5.32 Å². The third kappa shape index (κ3) is 3.91. The van der Waals surface area contributed by atoms with Gasteiger partial charge in [0.25, 0.3) is 0 Å². The third-order valence-electron chi connectivity index (χ3n) is 2.87. The molecule has 2 heterocycles. The van der Waals surface area contributed by atoms with Gasteiger partial charge in [-0.15, -0.1) is 24.8 Å². The van der Waals surface area contributed by atoms with Crippen molar-refractivity contribution in [1.82, 2.24) is 15.2 Å². The molecular weight excluding hydrogens is 245 g/mol. The fraction of sp³-hybridized carbons (Fsp3) is 0.545. The second-order valence-electron chi connectivity index (χ2n) is 3.75. The standard InChI is InChI=1S/C11H17N3.2ClH/c1-10(11-3-2-4-13-9-11)14-7-5-12-6-8-14;;/h2-4,9-10,12H,5-8H2,1H3;2*1H/t10-;;/m1../s1. The Morgan fingerprint density at radius 3 is 2.56 bits per heavy atom. The summed E-state index contributed by atoms with van der Waals surface area (Å²) in [4.78, 5) is 6.65. The van der Waals surface area contributed by atoms with Crippen molar-refractivity contribution in [2.45, 2.75) is 13.0 Å². The quantitative estimate of drug-likeness (QED) is 0.884. The van der Waals surface area contributed by atoms with Gasteiger partial charge in [0.1, 0.15) is 0 Å². The van der Waals surface area contributed by atoms with E-state index in [0.29, 0.717) is 6.04 Å². The monoisotopic (exact) mass is 263 g/mol.